The van der Waals surface area contributed by atoms with Crippen molar-refractivity contribution in [1.29, 1.82) is 0 Å². The average Bonchev–Trinajstić information content (AvgIpc) is 2.92. The van der Waals surface area contributed by atoms with Crippen molar-refractivity contribution >= 4 is 35.0 Å². The van der Waals surface area contributed by atoms with Crippen LogP contribution in [-0.2, 0) is 16.1 Å². The van der Waals surface area contributed by atoms with E-state index in [1.807, 2.05) is 82.2 Å². The van der Waals surface area contributed by atoms with E-state index in [9.17, 15) is 14.0 Å². The lowest BCUT2D eigenvalue weighted by atomic mass is 10.0. The van der Waals surface area contributed by atoms with Crippen molar-refractivity contribution in [3.8, 4) is 0 Å². The molecule has 9 heteroatoms. The van der Waals surface area contributed by atoms with Crippen molar-refractivity contribution in [3.63, 3.8) is 0 Å². The molecule has 0 fully saturated rings. The predicted octanol–water partition coefficient (Wildman–Crippen LogP) is 6.11. The Balaban J connectivity index is 1.69. The molecule has 4 aromatic rings. The molecule has 1 N–H and O–H groups in total. The number of carbonyl (C=O) groups excluding carboxylic acids is 2. The van der Waals surface area contributed by atoms with Gasteiger partial charge >= 0.3 is 0 Å². The Kier molecular flexibility index (Phi) is 9.73. The number of nitrogens with one attached hydrogen (secondary N) is 1. The van der Waals surface area contributed by atoms with Crippen molar-refractivity contribution < 1.29 is 14.0 Å². The molecule has 1 atom stereocenters. The summed E-state index contributed by atoms with van der Waals surface area (Å²) in [7, 11) is 3.87. The maximum Gasteiger partial charge on any atom is 0.251 e. The first-order chi connectivity index (χ1) is 19.6. The second-order valence-corrected chi connectivity index (χ2v) is 11.1. The van der Waals surface area contributed by atoms with Gasteiger partial charge in [-0.15, -0.1) is 0 Å². The van der Waals surface area contributed by atoms with Gasteiger partial charge in [-0.1, -0.05) is 53.7 Å². The van der Waals surface area contributed by atoms with Crippen LogP contribution in [0.25, 0.3) is 0 Å². The van der Waals surface area contributed by atoms with Crippen molar-refractivity contribution in [1.82, 2.24) is 14.9 Å². The number of hydrogen-bond acceptors (Lipinski definition) is 6. The molecule has 0 aliphatic carbocycles. The lowest BCUT2D eigenvalue weighted by Crippen LogP contribution is -2.42. The number of anilines is 2. The van der Waals surface area contributed by atoms with Gasteiger partial charge in [0.15, 0.2) is 5.16 Å². The molecule has 1 aromatic heterocycles. The third-order valence-electron chi connectivity index (χ3n) is 6.46. The Hall–Kier alpha value is -4.24. The van der Waals surface area contributed by atoms with E-state index < -0.39 is 17.8 Å². The zero-order valence-corrected chi connectivity index (χ0v) is 24.7. The lowest BCUT2D eigenvalue weighted by Gasteiger charge is -2.31. The summed E-state index contributed by atoms with van der Waals surface area (Å²) >= 11 is 1.21. The van der Waals surface area contributed by atoms with Crippen LogP contribution in [0.1, 0.15) is 34.1 Å². The third-order valence-corrected chi connectivity index (χ3v) is 7.29. The van der Waals surface area contributed by atoms with Crippen LogP contribution in [0.5, 0.6) is 0 Å². The molecule has 4 rings (SSSR count). The van der Waals surface area contributed by atoms with Gasteiger partial charge in [0, 0.05) is 43.4 Å². The first kappa shape index (κ1) is 29.7. The second kappa shape index (κ2) is 13.4. The van der Waals surface area contributed by atoms with E-state index in [4.69, 9.17) is 0 Å². The predicted molar refractivity (Wildman–Crippen MR) is 162 cm³/mol. The van der Waals surface area contributed by atoms with Crippen molar-refractivity contribution in [3.05, 3.63) is 113 Å². The number of aryl methyl sites for hydroxylation is 3. The highest BCUT2D eigenvalue weighted by Crippen LogP contribution is 2.28. The summed E-state index contributed by atoms with van der Waals surface area (Å²) in [5, 5.41) is 3.42. The zero-order chi connectivity index (χ0) is 29.5. The van der Waals surface area contributed by atoms with Crippen LogP contribution in [0.3, 0.4) is 0 Å². The van der Waals surface area contributed by atoms with Crippen LogP contribution in [-0.4, -0.2) is 46.5 Å². The van der Waals surface area contributed by atoms with Crippen LogP contribution in [0.2, 0.25) is 0 Å². The minimum Gasteiger partial charge on any atom is -0.378 e. The quantitative estimate of drug-likeness (QED) is 0.183. The summed E-state index contributed by atoms with van der Waals surface area (Å²) in [4.78, 5) is 40.2. The molecule has 0 aliphatic rings. The lowest BCUT2D eigenvalue weighted by molar-refractivity contribution is -0.137. The van der Waals surface area contributed by atoms with Gasteiger partial charge < -0.3 is 15.1 Å². The minimum absolute atomic E-state index is 0.00534. The Morgan fingerprint density at radius 3 is 2.17 bits per heavy atom. The maximum absolute atomic E-state index is 14.5. The van der Waals surface area contributed by atoms with Gasteiger partial charge in [0.1, 0.15) is 11.9 Å². The van der Waals surface area contributed by atoms with Crippen molar-refractivity contribution in [2.45, 2.75) is 38.5 Å². The summed E-state index contributed by atoms with van der Waals surface area (Å²) in [5.41, 5.74) is 5.47. The molecule has 0 saturated heterocycles. The molecule has 0 aliphatic heterocycles. The van der Waals surface area contributed by atoms with Gasteiger partial charge in [-0.3, -0.25) is 9.59 Å². The van der Waals surface area contributed by atoms with Crippen molar-refractivity contribution in [2.24, 2.45) is 0 Å². The normalized spacial score (nSPS) is 11.6. The van der Waals surface area contributed by atoms with Gasteiger partial charge in [-0.05, 0) is 74.4 Å². The number of nitrogens with zero attached hydrogens (tertiary/aromatic N) is 4. The van der Waals surface area contributed by atoms with Crippen LogP contribution in [0.4, 0.5) is 15.8 Å². The topological polar surface area (TPSA) is 78.4 Å². The zero-order valence-electron chi connectivity index (χ0n) is 23.9. The highest BCUT2D eigenvalue weighted by molar-refractivity contribution is 7.99. The Bertz CT molecular complexity index is 1490. The molecule has 2 amide bonds. The molecule has 0 bridgehead atoms. The standard InChI is InChI=1S/C32H34FN5O2S/c1-21-9-11-24(12-10-21)19-38(29(39)20-41-32-34-22(2)17-23(3)35-32)30(25-7-6-8-26(33)18-25)31(40)36-27-13-15-28(16-14-27)37(4)5/h6-18,30H,19-20H2,1-5H3,(H,36,40)/t30-/m1/s1. The fraction of sp³-hybridized carbons (Fsp3) is 0.250. The van der Waals surface area contributed by atoms with E-state index in [1.165, 1.54) is 28.8 Å². The van der Waals surface area contributed by atoms with E-state index in [-0.39, 0.29) is 18.2 Å². The summed E-state index contributed by atoms with van der Waals surface area (Å²) in [6.07, 6.45) is 0. The SMILES string of the molecule is Cc1ccc(CN(C(=O)CSc2nc(C)cc(C)n2)[C@@H](C(=O)Nc2ccc(N(C)C)cc2)c2cccc(F)c2)cc1. The van der Waals surface area contributed by atoms with E-state index in [1.54, 1.807) is 24.3 Å². The summed E-state index contributed by atoms with van der Waals surface area (Å²) in [5.74, 6) is -1.23. The fourth-order valence-electron chi connectivity index (χ4n) is 4.38. The van der Waals surface area contributed by atoms with E-state index in [0.717, 1.165) is 28.2 Å². The van der Waals surface area contributed by atoms with Gasteiger partial charge in [0.2, 0.25) is 5.91 Å². The minimum atomic E-state index is -1.09. The van der Waals surface area contributed by atoms with Crippen molar-refractivity contribution in [2.75, 3.05) is 30.1 Å². The number of hydrogen-bond donors (Lipinski definition) is 1. The maximum atomic E-state index is 14.5. The van der Waals surface area contributed by atoms with Gasteiger partial charge in [-0.25, -0.2) is 14.4 Å². The van der Waals surface area contributed by atoms with Gasteiger partial charge in [-0.2, -0.15) is 0 Å². The Labute approximate surface area is 244 Å². The molecule has 212 valence electrons. The summed E-state index contributed by atoms with van der Waals surface area (Å²) < 4.78 is 14.5. The summed E-state index contributed by atoms with van der Waals surface area (Å²) in [6.45, 7) is 5.89. The number of aromatic nitrogens is 2. The molecule has 0 spiro atoms. The van der Waals surface area contributed by atoms with E-state index in [0.29, 0.717) is 16.4 Å². The van der Waals surface area contributed by atoms with Gasteiger partial charge in [0.05, 0.1) is 5.75 Å². The Morgan fingerprint density at radius 2 is 1.56 bits per heavy atom. The van der Waals surface area contributed by atoms with E-state index >= 15 is 0 Å². The molecular weight excluding hydrogens is 537 g/mol. The third kappa shape index (κ3) is 8.14. The second-order valence-electron chi connectivity index (χ2n) is 10.1. The first-order valence-electron chi connectivity index (χ1n) is 13.2. The number of halogens is 1. The number of amides is 2. The molecule has 7 nitrogen and oxygen atoms in total. The smallest absolute Gasteiger partial charge is 0.251 e. The van der Waals surface area contributed by atoms with Crippen LogP contribution in [0.15, 0.2) is 84.0 Å². The van der Waals surface area contributed by atoms with Gasteiger partial charge in [0.25, 0.3) is 5.91 Å². The highest BCUT2D eigenvalue weighted by Gasteiger charge is 2.32. The van der Waals surface area contributed by atoms with E-state index in [2.05, 4.69) is 15.3 Å². The molecule has 0 unspecified atom stereocenters. The monoisotopic (exact) mass is 571 g/mol. The number of benzene rings is 3. The number of rotatable bonds is 10. The molecular formula is C32H34FN5O2S. The number of carbonyl (C=O) groups is 2. The molecule has 41 heavy (non-hydrogen) atoms. The van der Waals surface area contributed by atoms with Crippen LogP contribution < -0.4 is 10.2 Å². The Morgan fingerprint density at radius 1 is 0.902 bits per heavy atom. The van der Waals surface area contributed by atoms with Crippen LogP contribution >= 0.6 is 11.8 Å². The average molecular weight is 572 g/mol. The molecule has 3 aromatic carbocycles. The molecule has 1 heterocycles. The molecule has 0 saturated carbocycles. The number of thioether (sulfide) groups is 1. The highest BCUT2D eigenvalue weighted by atomic mass is 32.2. The van der Waals surface area contributed by atoms with Crippen LogP contribution in [0, 0.1) is 26.6 Å². The summed E-state index contributed by atoms with van der Waals surface area (Å²) in [6, 6.07) is 21.8. The molecule has 0 radical (unpaired) electrons. The fourth-order valence-corrected chi connectivity index (χ4v) is 5.22. The first-order valence-corrected chi connectivity index (χ1v) is 14.2. The largest absolute Gasteiger partial charge is 0.378 e.